The predicted molar refractivity (Wildman–Crippen MR) is 60.2 cm³/mol. The van der Waals surface area contributed by atoms with Gasteiger partial charge in [-0.25, -0.2) is 8.78 Å². The molecule has 0 amide bonds. The third kappa shape index (κ3) is 1.80. The molecule has 0 N–H and O–H groups in total. The standard InChI is InChI=1S/C13H10F2N2/c1-8-10(7-16)6-13(17(8)2)9-3-4-11(14)12(15)5-9/h3-6H,1-2H3. The number of rotatable bonds is 1. The van der Waals surface area contributed by atoms with Crippen molar-refractivity contribution in [3.8, 4) is 17.3 Å². The van der Waals surface area contributed by atoms with Crippen molar-refractivity contribution in [3.63, 3.8) is 0 Å². The van der Waals surface area contributed by atoms with E-state index >= 15 is 0 Å². The first kappa shape index (κ1) is 11.3. The van der Waals surface area contributed by atoms with Gasteiger partial charge in [-0.3, -0.25) is 0 Å². The topological polar surface area (TPSA) is 28.7 Å². The summed E-state index contributed by atoms with van der Waals surface area (Å²) in [5.41, 5.74) is 2.58. The van der Waals surface area contributed by atoms with E-state index in [0.29, 0.717) is 16.8 Å². The third-order valence-corrected chi connectivity index (χ3v) is 2.87. The maximum Gasteiger partial charge on any atom is 0.159 e. The van der Waals surface area contributed by atoms with Gasteiger partial charge in [0.1, 0.15) is 6.07 Å². The fraction of sp³-hybridized carbons (Fsp3) is 0.154. The van der Waals surface area contributed by atoms with Crippen LogP contribution in [-0.4, -0.2) is 4.57 Å². The van der Waals surface area contributed by atoms with Gasteiger partial charge in [-0.2, -0.15) is 5.26 Å². The highest BCUT2D eigenvalue weighted by Gasteiger charge is 2.12. The van der Waals surface area contributed by atoms with Crippen LogP contribution in [0.1, 0.15) is 11.3 Å². The van der Waals surface area contributed by atoms with Crippen LogP contribution in [-0.2, 0) is 7.05 Å². The average molecular weight is 232 g/mol. The Bertz CT molecular complexity index is 621. The number of hydrogen-bond acceptors (Lipinski definition) is 1. The molecule has 0 saturated heterocycles. The first-order valence-corrected chi connectivity index (χ1v) is 5.06. The van der Waals surface area contributed by atoms with Crippen molar-refractivity contribution in [3.05, 3.63) is 47.2 Å². The van der Waals surface area contributed by atoms with Crippen LogP contribution in [0.25, 0.3) is 11.3 Å². The minimum absolute atomic E-state index is 0.534. The Morgan fingerprint density at radius 1 is 1.18 bits per heavy atom. The van der Waals surface area contributed by atoms with Gasteiger partial charge in [-0.1, -0.05) is 0 Å². The molecular weight excluding hydrogens is 222 g/mol. The Kier molecular flexibility index (Phi) is 2.68. The minimum Gasteiger partial charge on any atom is -0.347 e. The normalized spacial score (nSPS) is 10.3. The van der Waals surface area contributed by atoms with E-state index in [9.17, 15) is 8.78 Å². The van der Waals surface area contributed by atoms with Gasteiger partial charge in [-0.05, 0) is 31.2 Å². The lowest BCUT2D eigenvalue weighted by Gasteiger charge is -2.05. The summed E-state index contributed by atoms with van der Waals surface area (Å²) in [4.78, 5) is 0. The quantitative estimate of drug-likeness (QED) is 0.742. The van der Waals surface area contributed by atoms with Gasteiger partial charge in [0, 0.05) is 24.0 Å². The molecule has 0 aliphatic rings. The summed E-state index contributed by atoms with van der Waals surface area (Å²) in [6, 6.07) is 7.44. The van der Waals surface area contributed by atoms with Crippen molar-refractivity contribution >= 4 is 0 Å². The Balaban J connectivity index is 2.61. The lowest BCUT2D eigenvalue weighted by Crippen LogP contribution is -1.95. The number of hydrogen-bond donors (Lipinski definition) is 0. The van der Waals surface area contributed by atoms with E-state index in [2.05, 4.69) is 6.07 Å². The van der Waals surface area contributed by atoms with Crippen molar-refractivity contribution in [1.82, 2.24) is 4.57 Å². The van der Waals surface area contributed by atoms with E-state index in [1.165, 1.54) is 6.07 Å². The molecule has 0 atom stereocenters. The minimum atomic E-state index is -0.889. The van der Waals surface area contributed by atoms with Crippen LogP contribution in [0.2, 0.25) is 0 Å². The summed E-state index contributed by atoms with van der Waals surface area (Å²) < 4.78 is 27.8. The number of halogens is 2. The zero-order chi connectivity index (χ0) is 12.6. The summed E-state index contributed by atoms with van der Waals surface area (Å²) in [6.07, 6.45) is 0. The Morgan fingerprint density at radius 3 is 2.41 bits per heavy atom. The number of nitrogens with zero attached hydrogens (tertiary/aromatic N) is 2. The van der Waals surface area contributed by atoms with Crippen molar-refractivity contribution in [2.24, 2.45) is 7.05 Å². The van der Waals surface area contributed by atoms with Crippen molar-refractivity contribution in [2.75, 3.05) is 0 Å². The third-order valence-electron chi connectivity index (χ3n) is 2.87. The second-order valence-corrected chi connectivity index (χ2v) is 3.83. The molecule has 2 aromatic rings. The van der Waals surface area contributed by atoms with Gasteiger partial charge in [0.05, 0.1) is 5.56 Å². The summed E-state index contributed by atoms with van der Waals surface area (Å²) >= 11 is 0. The first-order chi connectivity index (χ1) is 8.04. The fourth-order valence-electron chi connectivity index (χ4n) is 1.74. The molecule has 0 saturated carbocycles. The highest BCUT2D eigenvalue weighted by atomic mass is 19.2. The zero-order valence-electron chi connectivity index (χ0n) is 9.46. The molecule has 0 fully saturated rings. The molecule has 4 heteroatoms. The molecule has 86 valence electrons. The van der Waals surface area contributed by atoms with Crippen molar-refractivity contribution in [1.29, 1.82) is 5.26 Å². The molecule has 0 radical (unpaired) electrons. The lowest BCUT2D eigenvalue weighted by atomic mass is 10.1. The highest BCUT2D eigenvalue weighted by Crippen LogP contribution is 2.25. The molecule has 2 rings (SSSR count). The smallest absolute Gasteiger partial charge is 0.159 e. The van der Waals surface area contributed by atoms with E-state index in [1.807, 2.05) is 6.92 Å². The number of nitriles is 1. The summed E-state index contributed by atoms with van der Waals surface area (Å²) in [6.45, 7) is 1.81. The van der Waals surface area contributed by atoms with E-state index in [0.717, 1.165) is 17.8 Å². The summed E-state index contributed by atoms with van der Waals surface area (Å²) in [7, 11) is 1.78. The van der Waals surface area contributed by atoms with Crippen molar-refractivity contribution in [2.45, 2.75) is 6.92 Å². The van der Waals surface area contributed by atoms with E-state index in [4.69, 9.17) is 5.26 Å². The van der Waals surface area contributed by atoms with Gasteiger partial charge in [-0.15, -0.1) is 0 Å². The summed E-state index contributed by atoms with van der Waals surface area (Å²) in [5, 5.41) is 8.90. The largest absolute Gasteiger partial charge is 0.347 e. The monoisotopic (exact) mass is 232 g/mol. The van der Waals surface area contributed by atoms with Gasteiger partial charge in [0.2, 0.25) is 0 Å². The fourth-order valence-corrected chi connectivity index (χ4v) is 1.74. The van der Waals surface area contributed by atoms with Crippen LogP contribution in [0, 0.1) is 29.9 Å². The van der Waals surface area contributed by atoms with Crippen LogP contribution in [0.15, 0.2) is 24.3 Å². The van der Waals surface area contributed by atoms with Gasteiger partial charge in [0.15, 0.2) is 11.6 Å². The lowest BCUT2D eigenvalue weighted by molar-refractivity contribution is 0.509. The van der Waals surface area contributed by atoms with Crippen LogP contribution >= 0.6 is 0 Å². The van der Waals surface area contributed by atoms with E-state index in [-0.39, 0.29) is 0 Å². The van der Waals surface area contributed by atoms with Crippen LogP contribution < -0.4 is 0 Å². The molecule has 0 bridgehead atoms. The van der Waals surface area contributed by atoms with Crippen molar-refractivity contribution < 1.29 is 8.78 Å². The van der Waals surface area contributed by atoms with Crippen LogP contribution in [0.5, 0.6) is 0 Å². The van der Waals surface area contributed by atoms with Crippen LogP contribution in [0.3, 0.4) is 0 Å². The number of benzene rings is 1. The van der Waals surface area contributed by atoms with Gasteiger partial charge in [0.25, 0.3) is 0 Å². The average Bonchev–Trinajstić information content (AvgIpc) is 2.60. The summed E-state index contributed by atoms with van der Waals surface area (Å²) in [5.74, 6) is -1.76. The molecule has 2 nitrogen and oxygen atoms in total. The second kappa shape index (κ2) is 4.02. The van der Waals surface area contributed by atoms with Crippen LogP contribution in [0.4, 0.5) is 8.78 Å². The molecule has 0 unspecified atom stereocenters. The van der Waals surface area contributed by atoms with E-state index in [1.54, 1.807) is 17.7 Å². The zero-order valence-corrected chi connectivity index (χ0v) is 9.46. The molecule has 0 aliphatic heterocycles. The Labute approximate surface area is 97.7 Å². The maximum absolute atomic E-state index is 13.1. The Morgan fingerprint density at radius 2 is 1.88 bits per heavy atom. The second-order valence-electron chi connectivity index (χ2n) is 3.83. The molecular formula is C13H10F2N2. The van der Waals surface area contributed by atoms with Gasteiger partial charge >= 0.3 is 0 Å². The predicted octanol–water partition coefficient (Wildman–Crippen LogP) is 3.15. The first-order valence-electron chi connectivity index (χ1n) is 5.06. The molecule has 1 aromatic carbocycles. The SMILES string of the molecule is Cc1c(C#N)cc(-c2ccc(F)c(F)c2)n1C. The van der Waals surface area contributed by atoms with E-state index < -0.39 is 11.6 Å². The highest BCUT2D eigenvalue weighted by molar-refractivity contribution is 5.64. The molecule has 17 heavy (non-hydrogen) atoms. The Hall–Kier alpha value is -2.15. The maximum atomic E-state index is 13.1. The molecule has 0 spiro atoms. The molecule has 1 aromatic heterocycles. The number of aromatic nitrogens is 1. The molecule has 0 aliphatic carbocycles. The molecule has 1 heterocycles. The van der Waals surface area contributed by atoms with Gasteiger partial charge < -0.3 is 4.57 Å².